The fraction of sp³-hybridized carbons (Fsp3) is 0.0909. The van der Waals surface area contributed by atoms with Crippen molar-refractivity contribution in [2.75, 3.05) is 0 Å². The first kappa shape index (κ1) is 9.86. The van der Waals surface area contributed by atoms with Crippen molar-refractivity contribution >= 4 is 35.0 Å². The number of para-hydroxylation sites is 2. The quantitative estimate of drug-likeness (QED) is 0.683. The largest absolute Gasteiger partial charge is 0.341 e. The van der Waals surface area contributed by atoms with Crippen LogP contribution in [0.4, 0.5) is 0 Å². The third-order valence-electron chi connectivity index (χ3n) is 2.35. The predicted octanol–water partition coefficient (Wildman–Crippen LogP) is 3.04. The van der Waals surface area contributed by atoms with Gasteiger partial charge in [-0.25, -0.2) is 9.97 Å². The lowest BCUT2D eigenvalue weighted by atomic mass is 10.3. The number of nitrogens with one attached hydrogen (secondary N) is 1. The van der Waals surface area contributed by atoms with Gasteiger partial charge in [-0.2, -0.15) is 12.6 Å². The van der Waals surface area contributed by atoms with E-state index in [2.05, 4.69) is 27.6 Å². The van der Waals surface area contributed by atoms with E-state index in [1.807, 2.05) is 29.6 Å². The zero-order valence-electron chi connectivity index (χ0n) is 8.29. The molecule has 2 aromatic heterocycles. The van der Waals surface area contributed by atoms with Crippen molar-refractivity contribution in [2.45, 2.75) is 5.25 Å². The van der Waals surface area contributed by atoms with Crippen molar-refractivity contribution in [2.24, 2.45) is 0 Å². The van der Waals surface area contributed by atoms with Crippen LogP contribution in [0.1, 0.15) is 16.1 Å². The van der Waals surface area contributed by atoms with Crippen molar-refractivity contribution in [3.8, 4) is 0 Å². The van der Waals surface area contributed by atoms with Crippen LogP contribution in [0.3, 0.4) is 0 Å². The first-order valence-corrected chi connectivity index (χ1v) is 6.26. The molecule has 0 fully saturated rings. The summed E-state index contributed by atoms with van der Waals surface area (Å²) in [5.41, 5.74) is 2.00. The Balaban J connectivity index is 2.06. The molecule has 80 valence electrons. The second-order valence-electron chi connectivity index (χ2n) is 3.41. The molecule has 16 heavy (non-hydrogen) atoms. The number of thiazole rings is 1. The highest BCUT2D eigenvalue weighted by Crippen LogP contribution is 2.28. The first-order valence-electron chi connectivity index (χ1n) is 4.87. The van der Waals surface area contributed by atoms with Crippen molar-refractivity contribution < 1.29 is 0 Å². The minimum Gasteiger partial charge on any atom is -0.341 e. The Morgan fingerprint density at radius 1 is 1.31 bits per heavy atom. The van der Waals surface area contributed by atoms with E-state index in [1.54, 1.807) is 17.5 Å². The summed E-state index contributed by atoms with van der Waals surface area (Å²) in [6.45, 7) is 0. The summed E-state index contributed by atoms with van der Waals surface area (Å²) in [5.74, 6) is 0.847. The van der Waals surface area contributed by atoms with Crippen molar-refractivity contribution in [3.05, 3.63) is 46.7 Å². The van der Waals surface area contributed by atoms with E-state index in [9.17, 15) is 0 Å². The fourth-order valence-corrected chi connectivity index (χ4v) is 2.58. The van der Waals surface area contributed by atoms with E-state index in [0.717, 1.165) is 21.9 Å². The number of benzene rings is 1. The van der Waals surface area contributed by atoms with Crippen LogP contribution in [0.15, 0.2) is 35.8 Å². The summed E-state index contributed by atoms with van der Waals surface area (Å²) in [6, 6.07) is 7.96. The lowest BCUT2D eigenvalue weighted by Gasteiger charge is -2.01. The summed E-state index contributed by atoms with van der Waals surface area (Å²) in [4.78, 5) is 12.0. The number of fused-ring (bicyclic) bond motifs is 1. The Labute approximate surface area is 102 Å². The van der Waals surface area contributed by atoms with Crippen molar-refractivity contribution in [1.29, 1.82) is 0 Å². The summed E-state index contributed by atoms with van der Waals surface area (Å²) in [7, 11) is 0. The van der Waals surface area contributed by atoms with Gasteiger partial charge in [0, 0.05) is 11.6 Å². The molecule has 1 unspecified atom stereocenters. The molecule has 5 heteroatoms. The molecule has 0 spiro atoms. The van der Waals surface area contributed by atoms with E-state index in [4.69, 9.17) is 0 Å². The molecular weight excluding hydrogens is 238 g/mol. The number of nitrogens with zero attached hydrogens (tertiary/aromatic N) is 2. The molecule has 3 rings (SSSR count). The average molecular weight is 247 g/mol. The van der Waals surface area contributed by atoms with Gasteiger partial charge in [0.2, 0.25) is 0 Å². The number of thiol groups is 1. The molecule has 0 bridgehead atoms. The maximum atomic E-state index is 4.54. The highest BCUT2D eigenvalue weighted by atomic mass is 32.1. The second kappa shape index (κ2) is 3.92. The molecular formula is C11H9N3S2. The van der Waals surface area contributed by atoms with Gasteiger partial charge in [-0.3, -0.25) is 0 Å². The van der Waals surface area contributed by atoms with Crippen LogP contribution in [0.5, 0.6) is 0 Å². The van der Waals surface area contributed by atoms with Crippen LogP contribution in [-0.2, 0) is 0 Å². The number of imidazole rings is 1. The van der Waals surface area contributed by atoms with Crippen molar-refractivity contribution in [3.63, 3.8) is 0 Å². The van der Waals surface area contributed by atoms with E-state index in [0.29, 0.717) is 0 Å². The second-order valence-corrected chi connectivity index (χ2v) is 4.85. The zero-order chi connectivity index (χ0) is 11.0. The number of hydrogen-bond donors (Lipinski definition) is 2. The lowest BCUT2D eigenvalue weighted by Crippen LogP contribution is -1.94. The monoisotopic (exact) mass is 247 g/mol. The topological polar surface area (TPSA) is 41.6 Å². The smallest absolute Gasteiger partial charge is 0.127 e. The van der Waals surface area contributed by atoms with Crippen LogP contribution >= 0.6 is 24.0 Å². The highest BCUT2D eigenvalue weighted by molar-refractivity contribution is 7.80. The molecule has 3 aromatic rings. The summed E-state index contributed by atoms with van der Waals surface area (Å²) in [5, 5.41) is 2.83. The standard InChI is InChI=1S/C11H9N3S2/c15-9(11-12-5-6-16-11)10-13-7-3-1-2-4-8(7)14-10/h1-6,9,15H,(H,13,14). The van der Waals surface area contributed by atoms with Gasteiger partial charge in [-0.05, 0) is 12.1 Å². The Hall–Kier alpha value is -1.33. The summed E-state index contributed by atoms with van der Waals surface area (Å²) in [6.07, 6.45) is 1.78. The maximum Gasteiger partial charge on any atom is 0.127 e. The van der Waals surface area contributed by atoms with Gasteiger partial charge in [0.25, 0.3) is 0 Å². The molecule has 1 N–H and O–H groups in total. The number of aromatic nitrogens is 3. The SMILES string of the molecule is SC(c1nc2ccccc2[nH]1)c1nccs1. The molecule has 0 radical (unpaired) electrons. The highest BCUT2D eigenvalue weighted by Gasteiger charge is 2.15. The molecule has 0 aliphatic heterocycles. The molecule has 0 aliphatic rings. The van der Waals surface area contributed by atoms with E-state index in [1.165, 1.54) is 0 Å². The Bertz CT molecular complexity index is 568. The number of hydrogen-bond acceptors (Lipinski definition) is 4. The van der Waals surface area contributed by atoms with Gasteiger partial charge in [0.15, 0.2) is 0 Å². The minimum absolute atomic E-state index is 0.0765. The zero-order valence-corrected chi connectivity index (χ0v) is 10.0. The summed E-state index contributed by atoms with van der Waals surface area (Å²) < 4.78 is 0. The lowest BCUT2D eigenvalue weighted by molar-refractivity contribution is 1.00. The molecule has 1 aromatic carbocycles. The molecule has 0 saturated heterocycles. The van der Waals surface area contributed by atoms with Gasteiger partial charge in [-0.15, -0.1) is 11.3 Å². The van der Waals surface area contributed by atoms with Gasteiger partial charge >= 0.3 is 0 Å². The molecule has 0 amide bonds. The van der Waals surface area contributed by atoms with Gasteiger partial charge in [0.1, 0.15) is 16.1 Å². The third-order valence-corrected chi connectivity index (χ3v) is 3.86. The Morgan fingerprint density at radius 2 is 2.19 bits per heavy atom. The van der Waals surface area contributed by atoms with Gasteiger partial charge in [-0.1, -0.05) is 12.1 Å². The summed E-state index contributed by atoms with van der Waals surface area (Å²) >= 11 is 6.13. The van der Waals surface area contributed by atoms with Crippen LogP contribution in [0.2, 0.25) is 0 Å². The van der Waals surface area contributed by atoms with Crippen LogP contribution < -0.4 is 0 Å². The molecule has 1 atom stereocenters. The van der Waals surface area contributed by atoms with Crippen LogP contribution in [0, 0.1) is 0 Å². The number of rotatable bonds is 2. The van der Waals surface area contributed by atoms with E-state index < -0.39 is 0 Å². The Kier molecular flexibility index (Phi) is 2.41. The van der Waals surface area contributed by atoms with E-state index in [-0.39, 0.29) is 5.25 Å². The van der Waals surface area contributed by atoms with Gasteiger partial charge in [0.05, 0.1) is 11.0 Å². The predicted molar refractivity (Wildman–Crippen MR) is 69.0 cm³/mol. The van der Waals surface area contributed by atoms with E-state index >= 15 is 0 Å². The molecule has 0 aliphatic carbocycles. The van der Waals surface area contributed by atoms with Crippen LogP contribution in [0.25, 0.3) is 11.0 Å². The first-order chi connectivity index (χ1) is 7.84. The van der Waals surface area contributed by atoms with Crippen molar-refractivity contribution in [1.82, 2.24) is 15.0 Å². The minimum atomic E-state index is -0.0765. The maximum absolute atomic E-state index is 4.54. The molecule has 3 nitrogen and oxygen atoms in total. The normalized spacial score (nSPS) is 13.1. The molecule has 0 saturated carbocycles. The average Bonchev–Trinajstić information content (AvgIpc) is 2.97. The van der Waals surface area contributed by atoms with Crippen LogP contribution in [-0.4, -0.2) is 15.0 Å². The number of aromatic amines is 1. The molecule has 2 heterocycles. The third kappa shape index (κ3) is 1.62. The Morgan fingerprint density at radius 3 is 2.94 bits per heavy atom. The fourth-order valence-electron chi connectivity index (χ4n) is 1.59. The number of H-pyrrole nitrogens is 1. The van der Waals surface area contributed by atoms with Gasteiger partial charge < -0.3 is 4.98 Å².